The summed E-state index contributed by atoms with van der Waals surface area (Å²) in [5.74, 6) is 0.467. The number of rotatable bonds is 9. The van der Waals surface area contributed by atoms with E-state index in [0.717, 1.165) is 19.4 Å². The molecule has 0 saturated carbocycles. The van der Waals surface area contributed by atoms with E-state index in [0.29, 0.717) is 18.4 Å². The maximum atomic E-state index is 11.8. The molecule has 0 rings (SSSR count). The molecule has 0 spiro atoms. The van der Waals surface area contributed by atoms with Gasteiger partial charge in [-0.3, -0.25) is 0 Å². The van der Waals surface area contributed by atoms with Crippen molar-refractivity contribution in [2.75, 3.05) is 19.8 Å². The number of hydrogen-bond acceptors (Lipinski definition) is 2. The van der Waals surface area contributed by atoms with Gasteiger partial charge in [-0.05, 0) is 31.7 Å². The Hall–Kier alpha value is -0.290. The quantitative estimate of drug-likeness (QED) is 0.638. The van der Waals surface area contributed by atoms with Gasteiger partial charge in [0.25, 0.3) is 0 Å². The topological polar surface area (TPSA) is 21.3 Å². The molecule has 0 aliphatic rings. The second kappa shape index (κ2) is 8.75. The lowest BCUT2D eigenvalue weighted by atomic mass is 9.95. The van der Waals surface area contributed by atoms with Crippen molar-refractivity contribution in [2.24, 2.45) is 5.92 Å². The van der Waals surface area contributed by atoms with Crippen molar-refractivity contribution in [3.8, 4) is 0 Å². The van der Waals surface area contributed by atoms with E-state index in [-0.39, 0.29) is 6.61 Å². The maximum absolute atomic E-state index is 11.8. The van der Waals surface area contributed by atoms with Gasteiger partial charge in [0, 0.05) is 12.6 Å². The molecule has 0 aromatic heterocycles. The van der Waals surface area contributed by atoms with Crippen molar-refractivity contribution in [1.82, 2.24) is 5.32 Å². The lowest BCUT2D eigenvalue weighted by Gasteiger charge is -2.23. The summed E-state index contributed by atoms with van der Waals surface area (Å²) in [7, 11) is 0. The zero-order chi connectivity index (χ0) is 13.3. The Balaban J connectivity index is 3.59. The monoisotopic (exact) mass is 255 g/mol. The largest absolute Gasteiger partial charge is 0.411 e. The molecule has 0 radical (unpaired) electrons. The molecule has 0 saturated heterocycles. The van der Waals surface area contributed by atoms with Crippen LogP contribution in [0.5, 0.6) is 0 Å². The van der Waals surface area contributed by atoms with Crippen molar-refractivity contribution >= 4 is 0 Å². The Morgan fingerprint density at radius 1 is 1.24 bits per heavy atom. The average molecular weight is 255 g/mol. The summed E-state index contributed by atoms with van der Waals surface area (Å²) in [4.78, 5) is 0. The van der Waals surface area contributed by atoms with Crippen molar-refractivity contribution in [3.05, 3.63) is 0 Å². The van der Waals surface area contributed by atoms with E-state index >= 15 is 0 Å². The summed E-state index contributed by atoms with van der Waals surface area (Å²) >= 11 is 0. The maximum Gasteiger partial charge on any atom is 0.411 e. The van der Waals surface area contributed by atoms with Crippen LogP contribution in [0.2, 0.25) is 0 Å². The van der Waals surface area contributed by atoms with Crippen LogP contribution in [0.15, 0.2) is 0 Å². The summed E-state index contributed by atoms with van der Waals surface area (Å²) < 4.78 is 39.9. The zero-order valence-corrected chi connectivity index (χ0v) is 10.9. The molecule has 0 amide bonds. The predicted molar refractivity (Wildman–Crippen MR) is 63.0 cm³/mol. The van der Waals surface area contributed by atoms with Crippen molar-refractivity contribution < 1.29 is 17.9 Å². The number of hydrogen-bond donors (Lipinski definition) is 1. The van der Waals surface area contributed by atoms with E-state index in [4.69, 9.17) is 0 Å². The first-order valence-electron chi connectivity index (χ1n) is 6.28. The summed E-state index contributed by atoms with van der Waals surface area (Å²) in [5, 5.41) is 3.38. The van der Waals surface area contributed by atoms with Crippen LogP contribution >= 0.6 is 0 Å². The number of nitrogens with one attached hydrogen (secondary N) is 1. The molecule has 5 heteroatoms. The molecule has 2 atom stereocenters. The summed E-state index contributed by atoms with van der Waals surface area (Å²) in [6.07, 6.45) is -1.59. The average Bonchev–Trinajstić information content (AvgIpc) is 2.23. The van der Waals surface area contributed by atoms with Gasteiger partial charge in [0.1, 0.15) is 6.61 Å². The Labute approximate surface area is 102 Å². The molecule has 0 aromatic rings. The Bertz CT molecular complexity index is 185. The second-order valence-corrected chi connectivity index (χ2v) is 4.36. The first-order valence-corrected chi connectivity index (χ1v) is 6.28. The van der Waals surface area contributed by atoms with Gasteiger partial charge in [0.05, 0.1) is 0 Å². The van der Waals surface area contributed by atoms with E-state index in [1.165, 1.54) is 0 Å². The fraction of sp³-hybridized carbons (Fsp3) is 1.00. The third-order valence-corrected chi connectivity index (χ3v) is 2.81. The van der Waals surface area contributed by atoms with Crippen molar-refractivity contribution in [1.29, 1.82) is 0 Å². The second-order valence-electron chi connectivity index (χ2n) is 4.36. The van der Waals surface area contributed by atoms with E-state index in [2.05, 4.69) is 30.8 Å². The number of alkyl halides is 3. The van der Waals surface area contributed by atoms with E-state index in [1.54, 1.807) is 0 Å². The van der Waals surface area contributed by atoms with Gasteiger partial charge in [0.15, 0.2) is 0 Å². The lowest BCUT2D eigenvalue weighted by molar-refractivity contribution is -0.174. The molecule has 0 aliphatic carbocycles. The Kier molecular flexibility index (Phi) is 8.60. The molecule has 0 aromatic carbocycles. The Morgan fingerprint density at radius 3 is 2.35 bits per heavy atom. The third-order valence-electron chi connectivity index (χ3n) is 2.81. The molecule has 17 heavy (non-hydrogen) atoms. The summed E-state index contributed by atoms with van der Waals surface area (Å²) in [6.45, 7) is 6.28. The SMILES string of the molecule is CCNC(CC)C(C)CCCOCC(F)(F)F. The minimum absolute atomic E-state index is 0.187. The third kappa shape index (κ3) is 9.41. The van der Waals surface area contributed by atoms with E-state index in [1.807, 2.05) is 0 Å². The van der Waals surface area contributed by atoms with Gasteiger partial charge >= 0.3 is 6.18 Å². The molecular formula is C12H24F3NO. The number of ether oxygens (including phenoxy) is 1. The molecule has 1 N–H and O–H groups in total. The van der Waals surface area contributed by atoms with Crippen molar-refractivity contribution in [2.45, 2.75) is 52.3 Å². The first kappa shape index (κ1) is 16.7. The highest BCUT2D eigenvalue weighted by molar-refractivity contribution is 4.71. The zero-order valence-electron chi connectivity index (χ0n) is 10.9. The fourth-order valence-corrected chi connectivity index (χ4v) is 1.91. The van der Waals surface area contributed by atoms with Gasteiger partial charge in [-0.15, -0.1) is 0 Å². The minimum atomic E-state index is -4.21. The van der Waals surface area contributed by atoms with Gasteiger partial charge in [-0.1, -0.05) is 20.8 Å². The molecule has 0 heterocycles. The molecular weight excluding hydrogens is 231 g/mol. The highest BCUT2D eigenvalue weighted by Crippen LogP contribution is 2.16. The van der Waals surface area contributed by atoms with Gasteiger partial charge in [0.2, 0.25) is 0 Å². The van der Waals surface area contributed by atoms with Crippen LogP contribution in [0, 0.1) is 5.92 Å². The smallest absolute Gasteiger partial charge is 0.372 e. The van der Waals surface area contributed by atoms with Crippen LogP contribution in [0.1, 0.15) is 40.0 Å². The van der Waals surface area contributed by atoms with Crippen LogP contribution in [0.4, 0.5) is 13.2 Å². The van der Waals surface area contributed by atoms with Crippen LogP contribution in [0.25, 0.3) is 0 Å². The molecule has 2 unspecified atom stereocenters. The van der Waals surface area contributed by atoms with Crippen molar-refractivity contribution in [3.63, 3.8) is 0 Å². The molecule has 2 nitrogen and oxygen atoms in total. The normalized spacial score (nSPS) is 15.9. The molecule has 104 valence electrons. The van der Waals surface area contributed by atoms with Gasteiger partial charge in [-0.2, -0.15) is 13.2 Å². The van der Waals surface area contributed by atoms with Crippen LogP contribution in [-0.4, -0.2) is 32.0 Å². The van der Waals surface area contributed by atoms with Crippen LogP contribution in [0.3, 0.4) is 0 Å². The van der Waals surface area contributed by atoms with Gasteiger partial charge in [-0.25, -0.2) is 0 Å². The molecule has 0 aliphatic heterocycles. The number of halogens is 3. The molecule has 0 bridgehead atoms. The highest BCUT2D eigenvalue weighted by atomic mass is 19.4. The Morgan fingerprint density at radius 2 is 1.88 bits per heavy atom. The summed E-state index contributed by atoms with van der Waals surface area (Å²) in [5.41, 5.74) is 0. The van der Waals surface area contributed by atoms with E-state index in [9.17, 15) is 13.2 Å². The summed E-state index contributed by atoms with van der Waals surface area (Å²) in [6, 6.07) is 0.447. The lowest BCUT2D eigenvalue weighted by Crippen LogP contribution is -2.34. The van der Waals surface area contributed by atoms with Crippen LogP contribution in [-0.2, 0) is 4.74 Å². The van der Waals surface area contributed by atoms with Gasteiger partial charge < -0.3 is 10.1 Å². The highest BCUT2D eigenvalue weighted by Gasteiger charge is 2.27. The van der Waals surface area contributed by atoms with E-state index < -0.39 is 12.8 Å². The standard InChI is InChI=1S/C12H24F3NO/c1-4-11(16-5-2)10(3)7-6-8-17-9-12(13,14)15/h10-11,16H,4-9H2,1-3H3. The minimum Gasteiger partial charge on any atom is -0.372 e. The first-order chi connectivity index (χ1) is 7.90. The predicted octanol–water partition coefficient (Wildman–Crippen LogP) is 3.37. The van der Waals surface area contributed by atoms with Crippen LogP contribution < -0.4 is 5.32 Å². The molecule has 0 fully saturated rings. The fourth-order valence-electron chi connectivity index (χ4n) is 1.91.